The van der Waals surface area contributed by atoms with Gasteiger partial charge in [0.05, 0.1) is 31.5 Å². The minimum atomic E-state index is -0.819. The van der Waals surface area contributed by atoms with Gasteiger partial charge < -0.3 is 29.4 Å². The fourth-order valence-corrected chi connectivity index (χ4v) is 6.59. The van der Waals surface area contributed by atoms with Crippen molar-refractivity contribution in [3.05, 3.63) is 51.7 Å². The number of likely N-dealkylation sites (tertiary alicyclic amines) is 1. The summed E-state index contributed by atoms with van der Waals surface area (Å²) in [5.74, 6) is 1.07. The summed E-state index contributed by atoms with van der Waals surface area (Å²) in [7, 11) is 3.42. The lowest BCUT2D eigenvalue weighted by molar-refractivity contribution is -0.143. The predicted octanol–water partition coefficient (Wildman–Crippen LogP) is 4.86. The average molecular weight is 582 g/mol. The first kappa shape index (κ1) is 30.7. The van der Waals surface area contributed by atoms with Crippen LogP contribution in [0.3, 0.4) is 0 Å². The highest BCUT2D eigenvalue weighted by molar-refractivity contribution is 5.76. The smallest absolute Gasteiger partial charge is 0.325 e. The van der Waals surface area contributed by atoms with Gasteiger partial charge >= 0.3 is 5.97 Å². The van der Waals surface area contributed by atoms with Crippen LogP contribution in [0.25, 0.3) is 0 Å². The van der Waals surface area contributed by atoms with E-state index in [1.807, 2.05) is 26.8 Å². The van der Waals surface area contributed by atoms with Gasteiger partial charge in [-0.1, -0.05) is 17.7 Å². The van der Waals surface area contributed by atoms with Crippen molar-refractivity contribution in [1.82, 2.24) is 9.88 Å². The van der Waals surface area contributed by atoms with Crippen LogP contribution >= 0.6 is 0 Å². The van der Waals surface area contributed by atoms with Gasteiger partial charge in [-0.15, -0.1) is 0 Å². The van der Waals surface area contributed by atoms with Crippen molar-refractivity contribution in [1.29, 1.82) is 0 Å². The van der Waals surface area contributed by atoms with E-state index in [2.05, 4.69) is 22.3 Å². The molecular formula is C33H47N3O6. The molecule has 0 saturated carbocycles. The average Bonchev–Trinajstić information content (AvgIpc) is 3.44. The minimum Gasteiger partial charge on any atom is -0.496 e. The Kier molecular flexibility index (Phi) is 9.72. The van der Waals surface area contributed by atoms with Gasteiger partial charge in [-0.2, -0.15) is 0 Å². The maximum Gasteiger partial charge on any atom is 0.325 e. The topological polar surface area (TPSA) is 102 Å². The fourth-order valence-electron chi connectivity index (χ4n) is 6.59. The molecule has 0 bridgehead atoms. The van der Waals surface area contributed by atoms with E-state index in [1.165, 1.54) is 5.56 Å². The third kappa shape index (κ3) is 6.75. The van der Waals surface area contributed by atoms with Gasteiger partial charge in [0.25, 0.3) is 0 Å². The summed E-state index contributed by atoms with van der Waals surface area (Å²) in [4.78, 5) is 19.6. The molecule has 0 aliphatic carbocycles. The first-order valence-electron chi connectivity index (χ1n) is 15.4. The summed E-state index contributed by atoms with van der Waals surface area (Å²) in [5.41, 5.74) is 5.84. The van der Waals surface area contributed by atoms with Crippen molar-refractivity contribution < 1.29 is 28.8 Å². The van der Waals surface area contributed by atoms with Crippen LogP contribution < -0.4 is 10.1 Å². The Labute approximate surface area is 249 Å². The number of aliphatic carboxylic acids is 1. The largest absolute Gasteiger partial charge is 0.496 e. The zero-order valence-electron chi connectivity index (χ0n) is 25.8. The molecular weight excluding hydrogens is 534 g/mol. The molecule has 5 rings (SSSR count). The second kappa shape index (κ2) is 13.3. The summed E-state index contributed by atoms with van der Waals surface area (Å²) in [6.45, 7) is 9.44. The maximum atomic E-state index is 12.7. The first-order valence-corrected chi connectivity index (χ1v) is 15.4. The minimum absolute atomic E-state index is 0.0298. The van der Waals surface area contributed by atoms with Crippen LogP contribution in [0.2, 0.25) is 0 Å². The van der Waals surface area contributed by atoms with E-state index >= 15 is 0 Å². The Balaban J connectivity index is 1.17. The number of aryl methyl sites for hydroxylation is 2. The molecule has 3 aliphatic heterocycles. The van der Waals surface area contributed by atoms with E-state index in [9.17, 15) is 9.90 Å². The molecule has 3 aliphatic rings. The summed E-state index contributed by atoms with van der Waals surface area (Å²) < 4.78 is 23.8. The number of carboxylic acid groups (broad SMARTS) is 1. The highest BCUT2D eigenvalue weighted by Crippen LogP contribution is 2.37. The van der Waals surface area contributed by atoms with Crippen LogP contribution in [0.4, 0.5) is 5.82 Å². The number of ether oxygens (including phenoxy) is 4. The number of aromatic nitrogens is 1. The van der Waals surface area contributed by atoms with Crippen molar-refractivity contribution in [2.24, 2.45) is 0 Å². The van der Waals surface area contributed by atoms with Crippen LogP contribution in [-0.4, -0.2) is 79.2 Å². The molecule has 0 spiro atoms. The molecule has 1 aromatic carbocycles. The summed E-state index contributed by atoms with van der Waals surface area (Å²) in [5, 5.41) is 13.9. The standard InChI is InChI=1S/C33H47N3O6/c1-21-15-22-20-42-29(33(2,3)40-5)18-26(22)27(16-21)30(32(37)38)36-13-11-24(19-36)41-14-7-6-9-23-17-28(39-4)25-10-8-12-34-31(25)35-23/h15-17,24,29-30H,6-14,18-20H2,1-5H3,(H,34,35)(H,37,38)/t24-,29?,30+/m1/s1. The first-order chi connectivity index (χ1) is 20.2. The molecule has 1 saturated heterocycles. The highest BCUT2D eigenvalue weighted by Gasteiger charge is 2.39. The number of carboxylic acids is 1. The number of benzene rings is 1. The monoisotopic (exact) mass is 581 g/mol. The van der Waals surface area contributed by atoms with Crippen molar-refractivity contribution >= 4 is 11.8 Å². The Morgan fingerprint density at radius 1 is 1.24 bits per heavy atom. The normalized spacial score (nSPS) is 21.4. The SMILES string of the molecule is COc1cc(CCCCO[C@@H]2CCN([C@H](C(=O)O)c3cc(C)cc4c3CC(C(C)(C)OC)OC4)C2)nc2c1CCCN2. The summed E-state index contributed by atoms with van der Waals surface area (Å²) in [6, 6.07) is 5.53. The molecule has 0 amide bonds. The number of carbonyl (C=O) groups is 1. The van der Waals surface area contributed by atoms with Crippen LogP contribution in [-0.2, 0) is 44.9 Å². The number of anilines is 1. The molecule has 0 radical (unpaired) electrons. The van der Waals surface area contributed by atoms with Gasteiger partial charge in [0, 0.05) is 57.1 Å². The number of nitrogens with one attached hydrogen (secondary N) is 1. The zero-order valence-corrected chi connectivity index (χ0v) is 25.8. The third-order valence-electron chi connectivity index (χ3n) is 9.16. The molecule has 42 heavy (non-hydrogen) atoms. The van der Waals surface area contributed by atoms with Gasteiger partial charge in [-0.05, 0) is 76.0 Å². The van der Waals surface area contributed by atoms with E-state index in [0.717, 1.165) is 84.6 Å². The Bertz CT molecular complexity index is 1250. The number of pyridine rings is 1. The van der Waals surface area contributed by atoms with Gasteiger partial charge in [0.15, 0.2) is 0 Å². The van der Waals surface area contributed by atoms with Crippen LogP contribution in [0.5, 0.6) is 5.75 Å². The lowest BCUT2D eigenvalue weighted by Crippen LogP contribution is -2.44. The number of unbranched alkanes of at least 4 members (excludes halogenated alkanes) is 1. The number of fused-ring (bicyclic) bond motifs is 2. The maximum absolute atomic E-state index is 12.7. The molecule has 9 heteroatoms. The van der Waals surface area contributed by atoms with Crippen molar-refractivity contribution in [3.63, 3.8) is 0 Å². The third-order valence-corrected chi connectivity index (χ3v) is 9.16. The number of rotatable bonds is 12. The molecule has 3 atom stereocenters. The van der Waals surface area contributed by atoms with E-state index < -0.39 is 17.6 Å². The van der Waals surface area contributed by atoms with Gasteiger partial charge in [-0.25, -0.2) is 4.98 Å². The molecule has 230 valence electrons. The Morgan fingerprint density at radius 3 is 2.83 bits per heavy atom. The second-order valence-electron chi connectivity index (χ2n) is 12.5. The van der Waals surface area contributed by atoms with Gasteiger partial charge in [-0.3, -0.25) is 9.69 Å². The van der Waals surface area contributed by atoms with Crippen molar-refractivity contribution in [2.75, 3.05) is 45.8 Å². The molecule has 2 N–H and O–H groups in total. The highest BCUT2D eigenvalue weighted by atomic mass is 16.5. The lowest BCUT2D eigenvalue weighted by Gasteiger charge is -2.38. The quantitative estimate of drug-likeness (QED) is 0.340. The van der Waals surface area contributed by atoms with Crippen molar-refractivity contribution in [3.8, 4) is 5.75 Å². The second-order valence-corrected chi connectivity index (χ2v) is 12.5. The van der Waals surface area contributed by atoms with Gasteiger partial charge in [0.1, 0.15) is 17.6 Å². The number of hydrogen-bond donors (Lipinski definition) is 2. The molecule has 2 aromatic rings. The number of hydrogen-bond acceptors (Lipinski definition) is 8. The summed E-state index contributed by atoms with van der Waals surface area (Å²) in [6.07, 6.45) is 6.21. The lowest BCUT2D eigenvalue weighted by atomic mass is 9.84. The van der Waals surface area contributed by atoms with Crippen molar-refractivity contribution in [2.45, 2.75) is 96.2 Å². The molecule has 1 fully saturated rings. The number of methoxy groups -OCH3 is 2. The van der Waals surface area contributed by atoms with Crippen LogP contribution in [0, 0.1) is 6.92 Å². The Morgan fingerprint density at radius 2 is 2.07 bits per heavy atom. The number of nitrogens with zero attached hydrogens (tertiary/aromatic N) is 2. The molecule has 1 unspecified atom stereocenters. The molecule has 9 nitrogen and oxygen atoms in total. The van der Waals surface area contributed by atoms with Crippen LogP contribution in [0.15, 0.2) is 18.2 Å². The van der Waals surface area contributed by atoms with Crippen LogP contribution in [0.1, 0.15) is 79.1 Å². The van der Waals surface area contributed by atoms with E-state index in [0.29, 0.717) is 32.7 Å². The fraction of sp³-hybridized carbons (Fsp3) is 0.636. The molecule has 1 aromatic heterocycles. The molecule has 4 heterocycles. The van der Waals surface area contributed by atoms with E-state index in [1.54, 1.807) is 14.2 Å². The van der Waals surface area contributed by atoms with E-state index in [4.69, 9.17) is 23.9 Å². The summed E-state index contributed by atoms with van der Waals surface area (Å²) >= 11 is 0. The van der Waals surface area contributed by atoms with Gasteiger partial charge in [0.2, 0.25) is 0 Å². The predicted molar refractivity (Wildman–Crippen MR) is 161 cm³/mol. The van der Waals surface area contributed by atoms with E-state index in [-0.39, 0.29) is 12.2 Å². The zero-order chi connectivity index (χ0) is 29.9. The Hall–Kier alpha value is -2.72.